The van der Waals surface area contributed by atoms with E-state index in [4.69, 9.17) is 0 Å². The summed E-state index contributed by atoms with van der Waals surface area (Å²) in [5, 5.41) is 3.30. The van der Waals surface area contributed by atoms with Crippen LogP contribution in [0.5, 0.6) is 0 Å². The maximum Gasteiger partial charge on any atom is 0.234 e. The predicted octanol–water partition coefficient (Wildman–Crippen LogP) is 3.89. The van der Waals surface area contributed by atoms with Gasteiger partial charge >= 0.3 is 0 Å². The second kappa shape index (κ2) is 7.14. The average Bonchev–Trinajstić information content (AvgIpc) is 3.10. The van der Waals surface area contributed by atoms with Crippen LogP contribution < -0.4 is 5.32 Å². The van der Waals surface area contributed by atoms with Crippen molar-refractivity contribution in [2.45, 2.75) is 64.5 Å². The van der Waals surface area contributed by atoms with E-state index in [1.165, 1.54) is 41.9 Å². The van der Waals surface area contributed by atoms with Gasteiger partial charge in [-0.3, -0.25) is 9.69 Å². The van der Waals surface area contributed by atoms with Crippen LogP contribution in [0.25, 0.3) is 0 Å². The summed E-state index contributed by atoms with van der Waals surface area (Å²) in [6.07, 6.45) is 7.38. The summed E-state index contributed by atoms with van der Waals surface area (Å²) in [5.41, 5.74) is 0. The molecule has 0 radical (unpaired) electrons. The molecular weight excluding hydrogens is 292 g/mol. The molecule has 4 heteroatoms. The Kier molecular flexibility index (Phi) is 5.19. The molecule has 122 valence electrons. The van der Waals surface area contributed by atoms with E-state index in [9.17, 15) is 4.79 Å². The van der Waals surface area contributed by atoms with Crippen LogP contribution in [-0.4, -0.2) is 29.9 Å². The monoisotopic (exact) mass is 320 g/mol. The van der Waals surface area contributed by atoms with Gasteiger partial charge in [-0.2, -0.15) is 0 Å². The second-order valence-electron chi connectivity index (χ2n) is 7.01. The van der Waals surface area contributed by atoms with Crippen LogP contribution in [-0.2, 0) is 4.79 Å². The van der Waals surface area contributed by atoms with E-state index < -0.39 is 0 Å². The predicted molar refractivity (Wildman–Crippen MR) is 92.2 cm³/mol. The van der Waals surface area contributed by atoms with Gasteiger partial charge in [0, 0.05) is 21.8 Å². The fourth-order valence-corrected chi connectivity index (χ4v) is 4.98. The van der Waals surface area contributed by atoms with E-state index in [-0.39, 0.29) is 5.91 Å². The van der Waals surface area contributed by atoms with Crippen molar-refractivity contribution in [2.75, 3.05) is 13.1 Å². The number of amides is 1. The minimum atomic E-state index is 0.221. The maximum atomic E-state index is 12.4. The zero-order valence-corrected chi connectivity index (χ0v) is 14.6. The van der Waals surface area contributed by atoms with Crippen molar-refractivity contribution in [1.29, 1.82) is 0 Å². The zero-order valence-electron chi connectivity index (χ0n) is 13.8. The van der Waals surface area contributed by atoms with E-state index in [0.717, 1.165) is 13.0 Å². The highest BCUT2D eigenvalue weighted by Gasteiger charge is 2.30. The average molecular weight is 321 g/mol. The van der Waals surface area contributed by atoms with Crippen molar-refractivity contribution < 1.29 is 4.79 Å². The van der Waals surface area contributed by atoms with Crippen LogP contribution in [0.1, 0.15) is 61.2 Å². The summed E-state index contributed by atoms with van der Waals surface area (Å²) >= 11 is 1.88. The van der Waals surface area contributed by atoms with Crippen molar-refractivity contribution in [1.82, 2.24) is 10.2 Å². The van der Waals surface area contributed by atoms with Crippen LogP contribution in [0.3, 0.4) is 0 Å². The first-order valence-electron chi connectivity index (χ1n) is 8.73. The smallest absolute Gasteiger partial charge is 0.234 e. The number of hydrogen-bond donors (Lipinski definition) is 1. The van der Waals surface area contributed by atoms with Gasteiger partial charge in [0.1, 0.15) is 0 Å². The molecule has 1 aromatic heterocycles. The Balaban J connectivity index is 1.56. The fraction of sp³-hybridized carbons (Fsp3) is 0.722. The molecule has 0 aromatic carbocycles. The molecule has 2 heterocycles. The minimum absolute atomic E-state index is 0.221. The van der Waals surface area contributed by atoms with Gasteiger partial charge in [0.2, 0.25) is 5.91 Å². The summed E-state index contributed by atoms with van der Waals surface area (Å²) < 4.78 is 0. The number of carbonyl (C=O) groups excluding carboxylic acids is 1. The summed E-state index contributed by atoms with van der Waals surface area (Å²) in [7, 11) is 0. The Morgan fingerprint density at radius 1 is 1.27 bits per heavy atom. The Morgan fingerprint density at radius 3 is 2.82 bits per heavy atom. The molecular formula is C18H28N2OS. The van der Waals surface area contributed by atoms with E-state index in [1.807, 2.05) is 11.3 Å². The van der Waals surface area contributed by atoms with Crippen LogP contribution in [0.2, 0.25) is 0 Å². The van der Waals surface area contributed by atoms with E-state index in [2.05, 4.69) is 36.2 Å². The molecule has 1 saturated heterocycles. The first kappa shape index (κ1) is 16.0. The highest BCUT2D eigenvalue weighted by Crippen LogP contribution is 2.35. The largest absolute Gasteiger partial charge is 0.352 e. The molecule has 3 unspecified atom stereocenters. The quantitative estimate of drug-likeness (QED) is 0.913. The van der Waals surface area contributed by atoms with Crippen molar-refractivity contribution in [3.63, 3.8) is 0 Å². The summed E-state index contributed by atoms with van der Waals surface area (Å²) in [6.45, 7) is 6.04. The third-order valence-corrected chi connectivity index (χ3v) is 6.36. The van der Waals surface area contributed by atoms with Gasteiger partial charge in [-0.25, -0.2) is 0 Å². The molecule has 1 aliphatic carbocycles. The molecule has 1 saturated carbocycles. The minimum Gasteiger partial charge on any atom is -0.352 e. The molecule has 0 bridgehead atoms. The van der Waals surface area contributed by atoms with Crippen LogP contribution in [0.4, 0.5) is 0 Å². The molecule has 3 atom stereocenters. The lowest BCUT2D eigenvalue weighted by atomic mass is 9.86. The van der Waals surface area contributed by atoms with Gasteiger partial charge in [-0.15, -0.1) is 11.3 Å². The number of thiophene rings is 1. The summed E-state index contributed by atoms with van der Waals surface area (Å²) in [6, 6.07) is 5.28. The number of nitrogens with one attached hydrogen (secondary N) is 1. The molecule has 3 nitrogen and oxygen atoms in total. The van der Waals surface area contributed by atoms with Crippen molar-refractivity contribution in [3.8, 4) is 0 Å². The molecule has 1 aliphatic heterocycles. The molecule has 2 aliphatic rings. The molecule has 1 aromatic rings. The number of aryl methyl sites for hydroxylation is 1. The van der Waals surface area contributed by atoms with Crippen LogP contribution in [0, 0.1) is 12.8 Å². The molecule has 3 rings (SSSR count). The molecule has 22 heavy (non-hydrogen) atoms. The standard InChI is InChI=1S/C18H28N2OS/c1-13-6-3-4-7-15(13)19-18(21)12-20-11-5-8-16(20)17-10-9-14(2)22-17/h9-10,13,15-16H,3-8,11-12H2,1-2H3,(H,19,21). The highest BCUT2D eigenvalue weighted by molar-refractivity contribution is 7.12. The van der Waals surface area contributed by atoms with Gasteiger partial charge in [0.15, 0.2) is 0 Å². The number of carbonyl (C=O) groups is 1. The summed E-state index contributed by atoms with van der Waals surface area (Å²) in [4.78, 5) is 17.6. The lowest BCUT2D eigenvalue weighted by Crippen LogP contribution is -2.45. The number of hydrogen-bond acceptors (Lipinski definition) is 3. The van der Waals surface area contributed by atoms with Gasteiger partial charge in [0.25, 0.3) is 0 Å². The van der Waals surface area contributed by atoms with Crippen LogP contribution in [0.15, 0.2) is 12.1 Å². The number of rotatable bonds is 4. The number of likely N-dealkylation sites (tertiary alicyclic amines) is 1. The van der Waals surface area contributed by atoms with E-state index >= 15 is 0 Å². The SMILES string of the molecule is Cc1ccc(C2CCCN2CC(=O)NC2CCCCC2C)s1. The van der Waals surface area contributed by atoms with E-state index in [0.29, 0.717) is 24.5 Å². The van der Waals surface area contributed by atoms with Crippen LogP contribution >= 0.6 is 11.3 Å². The highest BCUT2D eigenvalue weighted by atomic mass is 32.1. The second-order valence-corrected chi connectivity index (χ2v) is 8.33. The zero-order chi connectivity index (χ0) is 15.5. The molecule has 2 fully saturated rings. The molecule has 0 spiro atoms. The van der Waals surface area contributed by atoms with Crippen molar-refractivity contribution in [3.05, 3.63) is 21.9 Å². The lowest BCUT2D eigenvalue weighted by molar-refractivity contribution is -0.123. The van der Waals surface area contributed by atoms with Crippen molar-refractivity contribution in [2.24, 2.45) is 5.92 Å². The Hall–Kier alpha value is -0.870. The molecule has 1 amide bonds. The first-order valence-corrected chi connectivity index (χ1v) is 9.55. The van der Waals surface area contributed by atoms with E-state index in [1.54, 1.807) is 0 Å². The Bertz CT molecular complexity index is 513. The van der Waals surface area contributed by atoms with Crippen molar-refractivity contribution >= 4 is 17.2 Å². The Labute approximate surface area is 138 Å². The first-order chi connectivity index (χ1) is 10.6. The normalized spacial score (nSPS) is 29.6. The van der Waals surface area contributed by atoms with Gasteiger partial charge < -0.3 is 5.32 Å². The number of nitrogens with zero attached hydrogens (tertiary/aromatic N) is 1. The van der Waals surface area contributed by atoms with Gasteiger partial charge in [0.05, 0.1) is 6.54 Å². The third kappa shape index (κ3) is 3.72. The molecule has 1 N–H and O–H groups in total. The third-order valence-electron chi connectivity index (χ3n) is 5.26. The maximum absolute atomic E-state index is 12.4. The van der Waals surface area contributed by atoms with Gasteiger partial charge in [-0.1, -0.05) is 19.8 Å². The Morgan fingerprint density at radius 2 is 2.09 bits per heavy atom. The lowest BCUT2D eigenvalue weighted by Gasteiger charge is -2.31. The fourth-order valence-electron chi connectivity index (χ4n) is 3.94. The topological polar surface area (TPSA) is 32.3 Å². The summed E-state index contributed by atoms with van der Waals surface area (Å²) in [5.74, 6) is 0.853. The van der Waals surface area contributed by atoms with Gasteiger partial charge in [-0.05, 0) is 57.2 Å².